The average molecular weight is 545 g/mol. The lowest BCUT2D eigenvalue weighted by atomic mass is 9.77. The third-order valence-corrected chi connectivity index (χ3v) is 9.01. The maximum absolute atomic E-state index is 13.6. The number of halogens is 2. The van der Waals surface area contributed by atoms with Crippen LogP contribution >= 0.6 is 23.2 Å². The van der Waals surface area contributed by atoms with Gasteiger partial charge in [-0.05, 0) is 62.8 Å². The molecule has 1 aliphatic carbocycles. The minimum Gasteiger partial charge on any atom is -0.474 e. The van der Waals surface area contributed by atoms with Crippen LogP contribution in [0.4, 0.5) is 0 Å². The normalized spacial score (nSPS) is 24.4. The molecular formula is C29H35Cl2N3O3. The Bertz CT molecular complexity index is 1110. The van der Waals surface area contributed by atoms with Crippen LogP contribution in [0.15, 0.2) is 42.6 Å². The highest BCUT2D eigenvalue weighted by atomic mass is 35.5. The van der Waals surface area contributed by atoms with E-state index >= 15 is 0 Å². The SMILES string of the molecule is CC(Oc1ccc(Cl)cn1)C1CCN(C(=O)C2CCN(C(=O)C3(C)CC3)CC2)CC1c1ccc(Cl)cc1. The quantitative estimate of drug-likeness (QED) is 0.460. The van der Waals surface area contributed by atoms with Gasteiger partial charge < -0.3 is 14.5 Å². The van der Waals surface area contributed by atoms with Crippen molar-refractivity contribution in [3.8, 4) is 5.88 Å². The number of hydrogen-bond acceptors (Lipinski definition) is 4. The molecule has 198 valence electrons. The number of piperidine rings is 2. The Hall–Kier alpha value is -2.31. The van der Waals surface area contributed by atoms with Crippen LogP contribution in [0.1, 0.15) is 57.4 Å². The molecule has 1 aromatic carbocycles. The van der Waals surface area contributed by atoms with Crippen LogP contribution in [0.3, 0.4) is 0 Å². The molecule has 8 heteroatoms. The summed E-state index contributed by atoms with van der Waals surface area (Å²) in [6.07, 6.45) is 5.80. The van der Waals surface area contributed by atoms with E-state index in [9.17, 15) is 9.59 Å². The summed E-state index contributed by atoms with van der Waals surface area (Å²) in [6.45, 7) is 6.84. The molecule has 3 aliphatic rings. The van der Waals surface area contributed by atoms with E-state index in [4.69, 9.17) is 27.9 Å². The van der Waals surface area contributed by atoms with E-state index in [1.54, 1.807) is 18.3 Å². The van der Waals surface area contributed by atoms with Crippen molar-refractivity contribution in [2.45, 2.75) is 58.0 Å². The van der Waals surface area contributed by atoms with Gasteiger partial charge in [0.05, 0.1) is 5.02 Å². The van der Waals surface area contributed by atoms with Gasteiger partial charge in [-0.1, -0.05) is 42.3 Å². The molecule has 3 atom stereocenters. The van der Waals surface area contributed by atoms with E-state index in [1.807, 2.05) is 21.9 Å². The molecule has 3 fully saturated rings. The molecule has 2 saturated heterocycles. The van der Waals surface area contributed by atoms with Crippen molar-refractivity contribution in [3.63, 3.8) is 0 Å². The average Bonchev–Trinajstić information content (AvgIpc) is 3.67. The Labute approximate surface area is 229 Å². The van der Waals surface area contributed by atoms with E-state index in [0.717, 1.165) is 37.7 Å². The molecule has 6 nitrogen and oxygen atoms in total. The zero-order chi connectivity index (χ0) is 26.2. The summed E-state index contributed by atoms with van der Waals surface area (Å²) >= 11 is 12.2. The maximum Gasteiger partial charge on any atom is 0.228 e. The predicted molar refractivity (Wildman–Crippen MR) is 145 cm³/mol. The van der Waals surface area contributed by atoms with Crippen molar-refractivity contribution in [2.75, 3.05) is 26.2 Å². The minimum atomic E-state index is -0.148. The Kier molecular flexibility index (Phi) is 7.69. The van der Waals surface area contributed by atoms with Crippen molar-refractivity contribution in [1.82, 2.24) is 14.8 Å². The molecule has 37 heavy (non-hydrogen) atoms. The second kappa shape index (κ2) is 10.8. The summed E-state index contributed by atoms with van der Waals surface area (Å²) in [5.41, 5.74) is 1.01. The summed E-state index contributed by atoms with van der Waals surface area (Å²) in [4.78, 5) is 34.7. The van der Waals surface area contributed by atoms with Crippen molar-refractivity contribution in [3.05, 3.63) is 58.2 Å². The van der Waals surface area contributed by atoms with Gasteiger partial charge in [0.15, 0.2) is 0 Å². The van der Waals surface area contributed by atoms with Gasteiger partial charge in [-0.25, -0.2) is 4.98 Å². The monoisotopic (exact) mass is 543 g/mol. The number of carbonyl (C=O) groups is 2. The van der Waals surface area contributed by atoms with Crippen LogP contribution in [0.25, 0.3) is 0 Å². The number of carbonyl (C=O) groups excluding carboxylic acids is 2. The number of amides is 2. The lowest BCUT2D eigenvalue weighted by Gasteiger charge is -2.43. The van der Waals surface area contributed by atoms with E-state index in [2.05, 4.69) is 31.0 Å². The molecule has 0 spiro atoms. The number of aromatic nitrogens is 1. The summed E-state index contributed by atoms with van der Waals surface area (Å²) in [6, 6.07) is 11.5. The largest absolute Gasteiger partial charge is 0.474 e. The van der Waals surface area contributed by atoms with Gasteiger partial charge >= 0.3 is 0 Å². The van der Waals surface area contributed by atoms with Crippen molar-refractivity contribution >= 4 is 35.0 Å². The van der Waals surface area contributed by atoms with Crippen LogP contribution in [0.5, 0.6) is 5.88 Å². The molecule has 3 heterocycles. The third-order valence-electron chi connectivity index (χ3n) is 8.53. The number of benzene rings is 1. The Morgan fingerprint density at radius 1 is 0.973 bits per heavy atom. The van der Waals surface area contributed by atoms with Gasteiger partial charge in [0.2, 0.25) is 17.7 Å². The molecule has 3 unspecified atom stereocenters. The summed E-state index contributed by atoms with van der Waals surface area (Å²) in [5.74, 6) is 1.34. The molecule has 0 radical (unpaired) electrons. The Morgan fingerprint density at radius 2 is 1.62 bits per heavy atom. The van der Waals surface area contributed by atoms with Gasteiger partial charge in [-0.15, -0.1) is 0 Å². The van der Waals surface area contributed by atoms with E-state index in [-0.39, 0.29) is 41.1 Å². The first kappa shape index (κ1) is 26.3. The smallest absolute Gasteiger partial charge is 0.228 e. The highest BCUT2D eigenvalue weighted by Crippen LogP contribution is 2.47. The highest BCUT2D eigenvalue weighted by Gasteiger charge is 2.48. The Balaban J connectivity index is 1.26. The molecule has 2 aromatic rings. The highest BCUT2D eigenvalue weighted by molar-refractivity contribution is 6.30. The molecule has 5 rings (SSSR count). The zero-order valence-electron chi connectivity index (χ0n) is 21.5. The second-order valence-corrected chi connectivity index (χ2v) is 12.0. The summed E-state index contributed by atoms with van der Waals surface area (Å²) < 4.78 is 6.23. The van der Waals surface area contributed by atoms with Gasteiger partial charge in [-0.3, -0.25) is 9.59 Å². The molecule has 0 N–H and O–H groups in total. The number of pyridine rings is 1. The van der Waals surface area contributed by atoms with Gasteiger partial charge in [0, 0.05) is 66.6 Å². The lowest BCUT2D eigenvalue weighted by Crippen LogP contribution is -2.50. The molecular weight excluding hydrogens is 509 g/mol. The van der Waals surface area contributed by atoms with Crippen LogP contribution in [-0.2, 0) is 9.59 Å². The van der Waals surface area contributed by atoms with Crippen molar-refractivity contribution in [1.29, 1.82) is 0 Å². The number of ether oxygens (including phenoxy) is 1. The zero-order valence-corrected chi connectivity index (χ0v) is 23.0. The van der Waals surface area contributed by atoms with Gasteiger partial charge in [-0.2, -0.15) is 0 Å². The third kappa shape index (κ3) is 5.91. The van der Waals surface area contributed by atoms with Crippen LogP contribution in [0, 0.1) is 17.3 Å². The van der Waals surface area contributed by atoms with E-state index < -0.39 is 0 Å². The van der Waals surface area contributed by atoms with Crippen molar-refractivity contribution in [2.24, 2.45) is 17.3 Å². The molecule has 2 aliphatic heterocycles. The summed E-state index contributed by atoms with van der Waals surface area (Å²) in [5, 5.41) is 1.27. The topological polar surface area (TPSA) is 62.7 Å². The van der Waals surface area contributed by atoms with Gasteiger partial charge in [0.25, 0.3) is 0 Å². The molecule has 0 bridgehead atoms. The predicted octanol–water partition coefficient (Wildman–Crippen LogP) is 5.83. The molecule has 2 amide bonds. The number of rotatable bonds is 6. The fourth-order valence-electron chi connectivity index (χ4n) is 5.88. The first-order valence-electron chi connectivity index (χ1n) is 13.4. The van der Waals surface area contributed by atoms with Crippen LogP contribution < -0.4 is 4.74 Å². The van der Waals surface area contributed by atoms with Crippen LogP contribution in [-0.4, -0.2) is 58.9 Å². The second-order valence-electron chi connectivity index (χ2n) is 11.2. The molecule has 1 aromatic heterocycles. The number of likely N-dealkylation sites (tertiary alicyclic amines) is 2. The van der Waals surface area contributed by atoms with Crippen molar-refractivity contribution < 1.29 is 14.3 Å². The maximum atomic E-state index is 13.6. The number of hydrogen-bond donors (Lipinski definition) is 0. The fourth-order valence-corrected chi connectivity index (χ4v) is 6.11. The van der Waals surface area contributed by atoms with E-state index in [1.165, 1.54) is 0 Å². The first-order chi connectivity index (χ1) is 17.7. The first-order valence-corrected chi connectivity index (χ1v) is 14.1. The van der Waals surface area contributed by atoms with Crippen LogP contribution in [0.2, 0.25) is 10.0 Å². The minimum absolute atomic E-state index is 0.0228. The summed E-state index contributed by atoms with van der Waals surface area (Å²) in [7, 11) is 0. The fraction of sp³-hybridized carbons (Fsp3) is 0.552. The van der Waals surface area contributed by atoms with Gasteiger partial charge in [0.1, 0.15) is 6.10 Å². The standard InChI is InChI=1S/C29H35Cl2N3O3/c1-19(37-26-8-7-23(31)17-32-26)24-11-16-34(18-25(24)20-3-5-22(30)6-4-20)27(35)21-9-14-33(15-10-21)28(36)29(2)12-13-29/h3-8,17,19,21,24-25H,9-16,18H2,1-2H3. The Morgan fingerprint density at radius 3 is 2.24 bits per heavy atom. The molecule has 1 saturated carbocycles. The lowest BCUT2D eigenvalue weighted by molar-refractivity contribution is -0.144. The number of nitrogens with zero attached hydrogens (tertiary/aromatic N) is 3. The van der Waals surface area contributed by atoms with E-state index in [0.29, 0.717) is 42.1 Å².